The molecule has 10 heteroatoms. The number of hydrogen-bond donors (Lipinski definition) is 4. The highest BCUT2D eigenvalue weighted by Crippen LogP contribution is 2.31. The van der Waals surface area contributed by atoms with Crippen LogP contribution in [0, 0.1) is 5.82 Å². The first-order valence-corrected chi connectivity index (χ1v) is 12.4. The molecule has 2 amide bonds. The minimum Gasteiger partial charge on any atom is -0.508 e. The molecule has 0 bridgehead atoms. The van der Waals surface area contributed by atoms with Crippen molar-refractivity contribution in [3.05, 3.63) is 88.0 Å². The third-order valence-corrected chi connectivity index (χ3v) is 6.64. The summed E-state index contributed by atoms with van der Waals surface area (Å²) in [5.41, 5.74) is 2.84. The number of phenols is 1. The molecule has 0 unspecified atom stereocenters. The maximum absolute atomic E-state index is 14.9. The van der Waals surface area contributed by atoms with Crippen molar-refractivity contribution in [2.75, 3.05) is 19.8 Å². The Morgan fingerprint density at radius 3 is 2.61 bits per heavy atom. The number of aliphatic hydroxyl groups is 1. The van der Waals surface area contributed by atoms with E-state index in [-0.39, 0.29) is 36.6 Å². The lowest BCUT2D eigenvalue weighted by atomic mass is 10.0. The Kier molecular flexibility index (Phi) is 7.52. The van der Waals surface area contributed by atoms with Gasteiger partial charge in [-0.25, -0.2) is 9.37 Å². The third kappa shape index (κ3) is 5.76. The van der Waals surface area contributed by atoms with Crippen molar-refractivity contribution in [1.82, 2.24) is 15.6 Å². The van der Waals surface area contributed by atoms with E-state index in [1.165, 1.54) is 24.3 Å². The van der Waals surface area contributed by atoms with E-state index in [1.807, 2.05) is 0 Å². The van der Waals surface area contributed by atoms with E-state index in [0.29, 0.717) is 48.6 Å². The Bertz CT molecular complexity index is 1350. The van der Waals surface area contributed by atoms with Crippen LogP contribution in [0.15, 0.2) is 48.5 Å². The fourth-order valence-electron chi connectivity index (χ4n) is 4.58. The Balaban J connectivity index is 1.29. The van der Waals surface area contributed by atoms with E-state index in [9.17, 15) is 24.2 Å². The smallest absolute Gasteiger partial charge is 0.270 e. The molecule has 3 aromatic rings. The SMILES string of the molecule is O=C(N[C@H]1CCOC[C@@H]1O)c1cc(Cc2ccc(C(=O)NCc3ccc(O)cc3)c(F)c2)c2c(n1)CCO2. The summed E-state index contributed by atoms with van der Waals surface area (Å²) < 4.78 is 25.9. The van der Waals surface area contributed by atoms with Crippen LogP contribution in [0.4, 0.5) is 4.39 Å². The van der Waals surface area contributed by atoms with Crippen LogP contribution in [-0.2, 0) is 24.1 Å². The molecule has 4 N–H and O–H groups in total. The molecular formula is C28H28FN3O6. The largest absolute Gasteiger partial charge is 0.508 e. The molecular weight excluding hydrogens is 493 g/mol. The van der Waals surface area contributed by atoms with Gasteiger partial charge in [0.15, 0.2) is 0 Å². The monoisotopic (exact) mass is 521 g/mol. The standard InChI is InChI=1S/C28H28FN3O6/c29-21-12-17(3-6-20(21)27(35)30-14-16-1-4-19(33)5-2-16)11-18-13-24(31-23-8-10-38-26(18)23)28(36)32-22-7-9-37-15-25(22)34/h1-6,12-13,22,25,33-34H,7-11,14-15H2,(H,30,35)(H,32,36)/t22-,25-/m0/s1. The predicted octanol–water partition coefficient (Wildman–Crippen LogP) is 2.26. The summed E-state index contributed by atoms with van der Waals surface area (Å²) in [7, 11) is 0. The number of nitrogens with zero attached hydrogens (tertiary/aromatic N) is 1. The minimum atomic E-state index is -0.787. The normalized spacial score (nSPS) is 18.4. The molecule has 1 aromatic heterocycles. The summed E-state index contributed by atoms with van der Waals surface area (Å²) in [5, 5.41) is 25.0. The number of ether oxygens (including phenoxy) is 2. The van der Waals surface area contributed by atoms with Gasteiger partial charge in [-0.3, -0.25) is 9.59 Å². The van der Waals surface area contributed by atoms with Gasteiger partial charge in [0.25, 0.3) is 11.8 Å². The number of aliphatic hydroxyl groups excluding tert-OH is 1. The molecule has 0 spiro atoms. The Hall–Kier alpha value is -4.02. The molecule has 38 heavy (non-hydrogen) atoms. The number of nitrogens with one attached hydrogen (secondary N) is 2. The number of amides is 2. The fraction of sp³-hybridized carbons (Fsp3) is 0.321. The van der Waals surface area contributed by atoms with Gasteiger partial charge in [-0.15, -0.1) is 0 Å². The number of benzene rings is 2. The number of halogens is 1. The van der Waals surface area contributed by atoms with Crippen LogP contribution in [0.3, 0.4) is 0 Å². The maximum Gasteiger partial charge on any atom is 0.270 e. The zero-order chi connectivity index (χ0) is 26.6. The molecule has 2 aliphatic rings. The van der Waals surface area contributed by atoms with Gasteiger partial charge in [0, 0.05) is 31.6 Å². The molecule has 1 fully saturated rings. The van der Waals surface area contributed by atoms with Gasteiger partial charge in [-0.2, -0.15) is 0 Å². The quantitative estimate of drug-likeness (QED) is 0.375. The Morgan fingerprint density at radius 2 is 1.84 bits per heavy atom. The molecule has 5 rings (SSSR count). The molecule has 198 valence electrons. The molecule has 2 aromatic carbocycles. The molecule has 0 radical (unpaired) electrons. The lowest BCUT2D eigenvalue weighted by Crippen LogP contribution is -2.48. The summed E-state index contributed by atoms with van der Waals surface area (Å²) in [6.07, 6.45) is 0.543. The number of hydrogen-bond acceptors (Lipinski definition) is 7. The van der Waals surface area contributed by atoms with E-state index in [1.54, 1.807) is 24.3 Å². The lowest BCUT2D eigenvalue weighted by molar-refractivity contribution is -0.0261. The number of aromatic nitrogens is 1. The van der Waals surface area contributed by atoms with Crippen molar-refractivity contribution in [3.8, 4) is 11.5 Å². The van der Waals surface area contributed by atoms with Crippen LogP contribution in [-0.4, -0.2) is 59.0 Å². The number of aromatic hydroxyl groups is 1. The first kappa shape index (κ1) is 25.6. The van der Waals surface area contributed by atoms with Crippen molar-refractivity contribution in [2.24, 2.45) is 0 Å². The Labute approximate surface area is 218 Å². The van der Waals surface area contributed by atoms with Gasteiger partial charge in [0.2, 0.25) is 0 Å². The predicted molar refractivity (Wildman–Crippen MR) is 135 cm³/mol. The second-order valence-electron chi connectivity index (χ2n) is 9.39. The van der Waals surface area contributed by atoms with Gasteiger partial charge >= 0.3 is 0 Å². The van der Waals surface area contributed by atoms with Crippen LogP contribution in [0.1, 0.15) is 49.7 Å². The molecule has 1 saturated heterocycles. The number of rotatable bonds is 7. The molecule has 2 atom stereocenters. The van der Waals surface area contributed by atoms with Crippen LogP contribution in [0.2, 0.25) is 0 Å². The molecule has 2 aliphatic heterocycles. The van der Waals surface area contributed by atoms with Crippen molar-refractivity contribution < 1.29 is 33.7 Å². The molecule has 0 aliphatic carbocycles. The highest BCUT2D eigenvalue weighted by atomic mass is 19.1. The minimum absolute atomic E-state index is 0.0844. The van der Waals surface area contributed by atoms with Crippen LogP contribution in [0.25, 0.3) is 0 Å². The Morgan fingerprint density at radius 1 is 1.05 bits per heavy atom. The molecule has 3 heterocycles. The average Bonchev–Trinajstić information content (AvgIpc) is 3.39. The number of fused-ring (bicyclic) bond motifs is 1. The van der Waals surface area contributed by atoms with Gasteiger partial charge in [-0.05, 0) is 47.9 Å². The van der Waals surface area contributed by atoms with Gasteiger partial charge < -0.3 is 30.3 Å². The second kappa shape index (κ2) is 11.2. The van der Waals surface area contributed by atoms with E-state index in [4.69, 9.17) is 9.47 Å². The summed E-state index contributed by atoms with van der Waals surface area (Å²) in [4.78, 5) is 29.9. The number of phenolic OH excluding ortho intramolecular Hbond substituents is 1. The summed E-state index contributed by atoms with van der Waals surface area (Å²) in [6, 6.07) is 12.0. The fourth-order valence-corrected chi connectivity index (χ4v) is 4.58. The number of carbonyl (C=O) groups is 2. The van der Waals surface area contributed by atoms with Crippen LogP contribution < -0.4 is 15.4 Å². The molecule has 9 nitrogen and oxygen atoms in total. The summed E-state index contributed by atoms with van der Waals surface area (Å²) in [5.74, 6) is -0.909. The first-order chi connectivity index (χ1) is 18.4. The van der Waals surface area contributed by atoms with Gasteiger partial charge in [-0.1, -0.05) is 18.2 Å². The van der Waals surface area contributed by atoms with Crippen molar-refractivity contribution >= 4 is 11.8 Å². The maximum atomic E-state index is 14.9. The van der Waals surface area contributed by atoms with E-state index < -0.39 is 29.8 Å². The highest BCUT2D eigenvalue weighted by Gasteiger charge is 2.28. The van der Waals surface area contributed by atoms with E-state index in [2.05, 4.69) is 15.6 Å². The van der Waals surface area contributed by atoms with Crippen LogP contribution >= 0.6 is 0 Å². The topological polar surface area (TPSA) is 130 Å². The van der Waals surface area contributed by atoms with E-state index >= 15 is 0 Å². The number of carbonyl (C=O) groups excluding carboxylic acids is 2. The van der Waals surface area contributed by atoms with E-state index in [0.717, 1.165) is 5.56 Å². The zero-order valence-corrected chi connectivity index (χ0v) is 20.6. The summed E-state index contributed by atoms with van der Waals surface area (Å²) >= 11 is 0. The van der Waals surface area contributed by atoms with Crippen LogP contribution in [0.5, 0.6) is 11.5 Å². The van der Waals surface area contributed by atoms with Gasteiger partial charge in [0.05, 0.1) is 36.6 Å². The van der Waals surface area contributed by atoms with Crippen molar-refractivity contribution in [1.29, 1.82) is 0 Å². The third-order valence-electron chi connectivity index (χ3n) is 6.64. The molecule has 0 saturated carbocycles. The van der Waals surface area contributed by atoms with Crippen molar-refractivity contribution in [3.63, 3.8) is 0 Å². The summed E-state index contributed by atoms with van der Waals surface area (Å²) in [6.45, 7) is 1.25. The lowest BCUT2D eigenvalue weighted by Gasteiger charge is -2.28. The first-order valence-electron chi connectivity index (χ1n) is 12.4. The number of pyridine rings is 1. The average molecular weight is 522 g/mol. The second-order valence-corrected chi connectivity index (χ2v) is 9.39. The highest BCUT2D eigenvalue weighted by molar-refractivity contribution is 5.94. The van der Waals surface area contributed by atoms with Gasteiger partial charge in [0.1, 0.15) is 23.0 Å². The zero-order valence-electron chi connectivity index (χ0n) is 20.6. The van der Waals surface area contributed by atoms with Crippen molar-refractivity contribution in [2.45, 2.75) is 38.0 Å².